The second kappa shape index (κ2) is 7.99. The van der Waals surface area contributed by atoms with Gasteiger partial charge in [0.15, 0.2) is 0 Å². The van der Waals surface area contributed by atoms with Gasteiger partial charge >= 0.3 is 6.03 Å². The molecule has 0 radical (unpaired) electrons. The third kappa shape index (κ3) is 5.26. The Balaban J connectivity index is 1.73. The monoisotopic (exact) mass is 334 g/mol. The number of rotatable bonds is 7. The summed E-state index contributed by atoms with van der Waals surface area (Å²) in [7, 11) is 1.63. The molecule has 3 N–H and O–H groups in total. The van der Waals surface area contributed by atoms with Crippen molar-refractivity contribution in [2.24, 2.45) is 0 Å². The summed E-state index contributed by atoms with van der Waals surface area (Å²) in [5.74, 6) is 0.805. The van der Waals surface area contributed by atoms with Gasteiger partial charge in [0.1, 0.15) is 11.4 Å². The molecule has 0 aliphatic carbocycles. The normalized spacial score (nSPS) is 13.2. The number of hydrogen-bond acceptors (Lipinski definition) is 4. The van der Waals surface area contributed by atoms with Crippen molar-refractivity contribution in [1.29, 1.82) is 0 Å². The molecule has 0 fully saturated rings. The summed E-state index contributed by atoms with van der Waals surface area (Å²) in [6.07, 6.45) is 0.714. The zero-order valence-electron chi connectivity index (χ0n) is 13.3. The Morgan fingerprint density at radius 2 is 2.13 bits per heavy atom. The predicted molar refractivity (Wildman–Crippen MR) is 92.0 cm³/mol. The number of ether oxygens (including phenoxy) is 1. The van der Waals surface area contributed by atoms with Crippen molar-refractivity contribution in [3.05, 3.63) is 52.2 Å². The largest absolute Gasteiger partial charge is 0.497 e. The SMILES string of the molecule is COc1cccc(CCNC(=O)NCC(C)(O)c2cccs2)c1. The maximum atomic E-state index is 11.8. The Morgan fingerprint density at radius 1 is 1.30 bits per heavy atom. The first-order chi connectivity index (χ1) is 11.0. The minimum Gasteiger partial charge on any atom is -0.497 e. The Morgan fingerprint density at radius 3 is 2.83 bits per heavy atom. The number of carbonyl (C=O) groups is 1. The van der Waals surface area contributed by atoms with Crippen LogP contribution in [0, 0.1) is 0 Å². The van der Waals surface area contributed by atoms with Gasteiger partial charge in [-0.05, 0) is 42.5 Å². The van der Waals surface area contributed by atoms with Crippen molar-refractivity contribution in [2.45, 2.75) is 18.9 Å². The summed E-state index contributed by atoms with van der Waals surface area (Å²) in [6.45, 7) is 2.37. The van der Waals surface area contributed by atoms with Crippen LogP contribution in [0.15, 0.2) is 41.8 Å². The van der Waals surface area contributed by atoms with Gasteiger partial charge < -0.3 is 20.5 Å². The van der Waals surface area contributed by atoms with Crippen molar-refractivity contribution in [3.8, 4) is 5.75 Å². The quantitative estimate of drug-likeness (QED) is 0.728. The molecule has 1 atom stereocenters. The standard InChI is InChI=1S/C17H22N2O3S/c1-17(21,15-7-4-10-23-15)12-19-16(20)18-9-8-13-5-3-6-14(11-13)22-2/h3-7,10-11,21H,8-9,12H2,1-2H3,(H2,18,19,20). The highest BCUT2D eigenvalue weighted by molar-refractivity contribution is 7.10. The molecule has 124 valence electrons. The average Bonchev–Trinajstić information content (AvgIpc) is 3.09. The molecule has 2 aromatic rings. The molecule has 0 aliphatic rings. The van der Waals surface area contributed by atoms with E-state index in [1.807, 2.05) is 41.8 Å². The van der Waals surface area contributed by atoms with Gasteiger partial charge in [0.2, 0.25) is 0 Å². The molecule has 0 bridgehead atoms. The van der Waals surface area contributed by atoms with Gasteiger partial charge in [-0.15, -0.1) is 11.3 Å². The number of nitrogens with one attached hydrogen (secondary N) is 2. The Labute approximate surface area is 140 Å². The molecule has 0 saturated carbocycles. The zero-order chi connectivity index (χ0) is 16.7. The van der Waals surface area contributed by atoms with Crippen LogP contribution < -0.4 is 15.4 Å². The van der Waals surface area contributed by atoms with E-state index in [9.17, 15) is 9.90 Å². The predicted octanol–water partition coefficient (Wildman–Crippen LogP) is 2.51. The second-order valence-electron chi connectivity index (χ2n) is 5.46. The van der Waals surface area contributed by atoms with Crippen LogP contribution in [-0.4, -0.2) is 31.3 Å². The van der Waals surface area contributed by atoms with Crippen LogP contribution in [-0.2, 0) is 12.0 Å². The van der Waals surface area contributed by atoms with Crippen LogP contribution in [0.3, 0.4) is 0 Å². The lowest BCUT2D eigenvalue weighted by atomic mass is 10.1. The third-order valence-corrected chi connectivity index (χ3v) is 4.60. The van der Waals surface area contributed by atoms with Gasteiger partial charge in [-0.25, -0.2) is 4.79 Å². The first-order valence-corrected chi connectivity index (χ1v) is 8.30. The first-order valence-electron chi connectivity index (χ1n) is 7.42. The number of thiophene rings is 1. The second-order valence-corrected chi connectivity index (χ2v) is 6.41. The van der Waals surface area contributed by atoms with Gasteiger partial charge in [-0.3, -0.25) is 0 Å². The Bertz CT molecular complexity index is 627. The highest BCUT2D eigenvalue weighted by atomic mass is 32.1. The van der Waals surface area contributed by atoms with Crippen LogP contribution in [0.5, 0.6) is 5.75 Å². The summed E-state index contributed by atoms with van der Waals surface area (Å²) in [5, 5.41) is 17.7. The third-order valence-electron chi connectivity index (χ3n) is 3.48. The molecule has 2 rings (SSSR count). The first kappa shape index (κ1) is 17.3. The van der Waals surface area contributed by atoms with Gasteiger partial charge in [0.05, 0.1) is 13.7 Å². The molecule has 0 aliphatic heterocycles. The summed E-state index contributed by atoms with van der Waals surface area (Å²) >= 11 is 1.47. The molecule has 1 aromatic heterocycles. The zero-order valence-corrected chi connectivity index (χ0v) is 14.2. The molecule has 0 spiro atoms. The van der Waals surface area contributed by atoms with E-state index in [0.29, 0.717) is 13.0 Å². The molecule has 2 amide bonds. The molecule has 1 heterocycles. The van der Waals surface area contributed by atoms with Crippen molar-refractivity contribution < 1.29 is 14.6 Å². The number of urea groups is 1. The summed E-state index contributed by atoms with van der Waals surface area (Å²) in [6, 6.07) is 11.2. The lowest BCUT2D eigenvalue weighted by Crippen LogP contribution is -2.43. The molecular weight excluding hydrogens is 312 g/mol. The van der Waals surface area contributed by atoms with Crippen molar-refractivity contribution >= 4 is 17.4 Å². The molecule has 0 saturated heterocycles. The number of methoxy groups -OCH3 is 1. The topological polar surface area (TPSA) is 70.6 Å². The minimum absolute atomic E-state index is 0.165. The maximum absolute atomic E-state index is 11.8. The van der Waals surface area contributed by atoms with Crippen LogP contribution in [0.25, 0.3) is 0 Å². The molecule has 5 nitrogen and oxygen atoms in total. The van der Waals surface area contributed by atoms with Crippen LogP contribution in [0.2, 0.25) is 0 Å². The minimum atomic E-state index is -1.06. The van der Waals surface area contributed by atoms with E-state index in [1.54, 1.807) is 14.0 Å². The Hall–Kier alpha value is -2.05. The molecule has 1 unspecified atom stereocenters. The van der Waals surface area contributed by atoms with Gasteiger partial charge in [0.25, 0.3) is 0 Å². The van der Waals surface area contributed by atoms with Gasteiger partial charge in [-0.1, -0.05) is 18.2 Å². The number of carbonyl (C=O) groups excluding carboxylic acids is 1. The van der Waals surface area contributed by atoms with E-state index >= 15 is 0 Å². The lowest BCUT2D eigenvalue weighted by molar-refractivity contribution is 0.0631. The van der Waals surface area contributed by atoms with E-state index in [1.165, 1.54) is 11.3 Å². The van der Waals surface area contributed by atoms with Crippen LogP contribution in [0.4, 0.5) is 4.79 Å². The van der Waals surface area contributed by atoms with E-state index in [0.717, 1.165) is 16.2 Å². The number of benzene rings is 1. The summed E-state index contributed by atoms with van der Waals surface area (Å²) in [4.78, 5) is 12.6. The van der Waals surface area contributed by atoms with E-state index < -0.39 is 5.60 Å². The van der Waals surface area contributed by atoms with E-state index in [4.69, 9.17) is 4.74 Å². The lowest BCUT2D eigenvalue weighted by Gasteiger charge is -2.22. The highest BCUT2D eigenvalue weighted by Gasteiger charge is 2.24. The van der Waals surface area contributed by atoms with E-state index in [-0.39, 0.29) is 12.6 Å². The van der Waals surface area contributed by atoms with Crippen molar-refractivity contribution in [1.82, 2.24) is 10.6 Å². The van der Waals surface area contributed by atoms with Gasteiger partial charge in [0, 0.05) is 11.4 Å². The van der Waals surface area contributed by atoms with Crippen molar-refractivity contribution in [3.63, 3.8) is 0 Å². The summed E-state index contributed by atoms with van der Waals surface area (Å²) < 4.78 is 5.17. The van der Waals surface area contributed by atoms with Crippen LogP contribution >= 0.6 is 11.3 Å². The Kier molecular flexibility index (Phi) is 6.01. The molecular formula is C17H22N2O3S. The molecule has 6 heteroatoms. The van der Waals surface area contributed by atoms with Crippen LogP contribution in [0.1, 0.15) is 17.4 Å². The molecule has 23 heavy (non-hydrogen) atoms. The highest BCUT2D eigenvalue weighted by Crippen LogP contribution is 2.24. The van der Waals surface area contributed by atoms with Crippen molar-refractivity contribution in [2.75, 3.05) is 20.2 Å². The smallest absolute Gasteiger partial charge is 0.314 e. The number of amides is 2. The fraction of sp³-hybridized carbons (Fsp3) is 0.353. The fourth-order valence-electron chi connectivity index (χ4n) is 2.14. The maximum Gasteiger partial charge on any atom is 0.314 e. The number of hydrogen-bond donors (Lipinski definition) is 3. The fourth-order valence-corrected chi connectivity index (χ4v) is 2.92. The van der Waals surface area contributed by atoms with E-state index in [2.05, 4.69) is 10.6 Å². The molecule has 1 aromatic carbocycles. The van der Waals surface area contributed by atoms with Gasteiger partial charge in [-0.2, -0.15) is 0 Å². The number of aliphatic hydroxyl groups is 1. The summed E-state index contributed by atoms with van der Waals surface area (Å²) in [5.41, 5.74) is 0.0356. The average molecular weight is 334 g/mol.